The lowest BCUT2D eigenvalue weighted by molar-refractivity contribution is 0.0845. The minimum absolute atomic E-state index is 0.0648. The maximum absolute atomic E-state index is 13.6. The number of benzene rings is 1. The van der Waals surface area contributed by atoms with Gasteiger partial charge in [-0.25, -0.2) is 0 Å². The van der Waals surface area contributed by atoms with Gasteiger partial charge in [-0.2, -0.15) is 0 Å². The number of ether oxygens (including phenoxy) is 2. The number of likely N-dealkylation sites (tertiary alicyclic amines) is 1. The van der Waals surface area contributed by atoms with Crippen molar-refractivity contribution in [2.75, 3.05) is 51.9 Å². The van der Waals surface area contributed by atoms with Crippen LogP contribution < -0.4 is 20.5 Å². The van der Waals surface area contributed by atoms with Crippen molar-refractivity contribution in [3.8, 4) is 17.6 Å². The molecular weight excluding hydrogens is 492 g/mol. The smallest absolute Gasteiger partial charge is 0.256 e. The molecule has 0 spiro atoms. The molecule has 2 aliphatic rings. The van der Waals surface area contributed by atoms with E-state index in [-0.39, 0.29) is 18.0 Å². The molecule has 0 bridgehead atoms. The number of nitrogens with zero attached hydrogens (tertiary/aromatic N) is 2. The molecule has 0 atom stereocenters. The number of hydrogen-bond donors (Lipinski definition) is 2. The molecule has 1 aromatic carbocycles. The molecule has 2 N–H and O–H groups in total. The Hall–Kier alpha value is -3.28. The predicted molar refractivity (Wildman–Crippen MR) is 155 cm³/mol. The highest BCUT2D eigenvalue weighted by atomic mass is 16.5. The van der Waals surface area contributed by atoms with Crippen molar-refractivity contribution < 1.29 is 14.3 Å². The van der Waals surface area contributed by atoms with Crippen LogP contribution in [0, 0.1) is 31.6 Å². The molecule has 3 heterocycles. The van der Waals surface area contributed by atoms with Crippen LogP contribution in [-0.4, -0.2) is 68.8 Å². The second-order valence-corrected chi connectivity index (χ2v) is 10.7. The number of nitrogens with one attached hydrogen (secondary N) is 2. The average Bonchev–Trinajstić information content (AvgIpc) is 2.94. The monoisotopic (exact) mass is 534 g/mol. The van der Waals surface area contributed by atoms with Gasteiger partial charge in [0.2, 0.25) is 0 Å². The standard InChI is InChI=1S/C31H42N4O4/c1-6-35(25-11-15-39-16-12-25)28-19-24(8-7-23-9-13-34(4)14-10-23)18-26(22(28)3)30(36)32-20-27-29(38-5)17-21(2)33-31(27)37/h17-19,23,25H,6,9-16,20H2,1-5H3,(H,32,36)(H,33,37). The molecule has 2 fully saturated rings. The first kappa shape index (κ1) is 28.7. The molecule has 1 amide bonds. The van der Waals surface area contributed by atoms with Crippen molar-refractivity contribution in [2.24, 2.45) is 5.92 Å². The highest BCUT2D eigenvalue weighted by Crippen LogP contribution is 2.30. The second-order valence-electron chi connectivity index (χ2n) is 10.7. The van der Waals surface area contributed by atoms with Crippen molar-refractivity contribution in [1.82, 2.24) is 15.2 Å². The van der Waals surface area contributed by atoms with Gasteiger partial charge in [0.25, 0.3) is 11.5 Å². The fraction of sp³-hybridized carbons (Fsp3) is 0.548. The third kappa shape index (κ3) is 7.03. The van der Waals surface area contributed by atoms with Crippen molar-refractivity contribution >= 4 is 11.6 Å². The molecular formula is C31H42N4O4. The molecule has 1 aromatic heterocycles. The van der Waals surface area contributed by atoms with E-state index in [1.54, 1.807) is 13.0 Å². The Bertz CT molecular complexity index is 1280. The molecule has 0 radical (unpaired) electrons. The Morgan fingerprint density at radius 2 is 1.90 bits per heavy atom. The molecule has 2 aliphatic heterocycles. The van der Waals surface area contributed by atoms with Crippen LogP contribution in [-0.2, 0) is 11.3 Å². The molecule has 4 rings (SSSR count). The van der Waals surface area contributed by atoms with Gasteiger partial charge in [-0.3, -0.25) is 9.59 Å². The van der Waals surface area contributed by atoms with Crippen LogP contribution >= 0.6 is 0 Å². The van der Waals surface area contributed by atoms with Crippen molar-refractivity contribution in [3.05, 3.63) is 56.5 Å². The number of carbonyl (C=O) groups is 1. The van der Waals surface area contributed by atoms with E-state index in [0.29, 0.717) is 34.5 Å². The average molecular weight is 535 g/mol. The minimum atomic E-state index is -0.265. The third-order valence-electron chi connectivity index (χ3n) is 7.92. The Labute approximate surface area is 232 Å². The van der Waals surface area contributed by atoms with E-state index in [0.717, 1.165) is 75.3 Å². The van der Waals surface area contributed by atoms with E-state index in [4.69, 9.17) is 9.47 Å². The van der Waals surface area contributed by atoms with Gasteiger partial charge in [-0.1, -0.05) is 11.8 Å². The van der Waals surface area contributed by atoms with E-state index < -0.39 is 0 Å². The quantitative estimate of drug-likeness (QED) is 0.528. The van der Waals surface area contributed by atoms with Crippen molar-refractivity contribution in [2.45, 2.75) is 59.0 Å². The fourth-order valence-corrected chi connectivity index (χ4v) is 5.57. The summed E-state index contributed by atoms with van der Waals surface area (Å²) in [5.74, 6) is 7.48. The molecule has 39 heavy (non-hydrogen) atoms. The predicted octanol–water partition coefficient (Wildman–Crippen LogP) is 3.63. The number of aromatic amines is 1. The minimum Gasteiger partial charge on any atom is -0.496 e. The SMILES string of the molecule is CCN(c1cc(C#CC2CCN(C)CC2)cc(C(=O)NCc2c(OC)cc(C)[nH]c2=O)c1C)C1CCOCC1. The van der Waals surface area contributed by atoms with Crippen molar-refractivity contribution in [1.29, 1.82) is 0 Å². The van der Waals surface area contributed by atoms with Gasteiger partial charge in [-0.05, 0) is 90.4 Å². The number of H-pyrrole nitrogens is 1. The van der Waals surface area contributed by atoms with E-state index >= 15 is 0 Å². The summed E-state index contributed by atoms with van der Waals surface area (Å²) in [4.78, 5) is 33.7. The maximum Gasteiger partial charge on any atom is 0.256 e. The van der Waals surface area contributed by atoms with E-state index in [9.17, 15) is 9.59 Å². The summed E-state index contributed by atoms with van der Waals surface area (Å²) in [5, 5.41) is 2.96. The lowest BCUT2D eigenvalue weighted by Gasteiger charge is -2.36. The van der Waals surface area contributed by atoms with Gasteiger partial charge in [0.05, 0.1) is 19.2 Å². The van der Waals surface area contributed by atoms with Crippen LogP contribution in [0.1, 0.15) is 65.3 Å². The lowest BCUT2D eigenvalue weighted by Crippen LogP contribution is -2.40. The highest BCUT2D eigenvalue weighted by Gasteiger charge is 2.25. The number of carbonyl (C=O) groups excluding carboxylic acids is 1. The fourth-order valence-electron chi connectivity index (χ4n) is 5.57. The number of rotatable bonds is 7. The summed E-state index contributed by atoms with van der Waals surface area (Å²) in [6.07, 6.45) is 4.03. The number of piperidine rings is 1. The van der Waals surface area contributed by atoms with Crippen LogP contribution in [0.5, 0.6) is 5.75 Å². The van der Waals surface area contributed by atoms with Gasteiger partial charge in [0, 0.05) is 54.2 Å². The van der Waals surface area contributed by atoms with Gasteiger partial charge in [-0.15, -0.1) is 0 Å². The maximum atomic E-state index is 13.6. The molecule has 8 heteroatoms. The van der Waals surface area contributed by atoms with E-state index in [1.165, 1.54) is 7.11 Å². The Morgan fingerprint density at radius 1 is 1.18 bits per heavy atom. The molecule has 8 nitrogen and oxygen atoms in total. The first-order chi connectivity index (χ1) is 18.8. The van der Waals surface area contributed by atoms with E-state index in [2.05, 4.69) is 52.0 Å². The summed E-state index contributed by atoms with van der Waals surface area (Å²) < 4.78 is 11.0. The molecule has 0 unspecified atom stereocenters. The summed E-state index contributed by atoms with van der Waals surface area (Å²) in [7, 11) is 3.68. The number of amides is 1. The van der Waals surface area contributed by atoms with Gasteiger partial charge >= 0.3 is 0 Å². The Balaban J connectivity index is 1.66. The first-order valence-corrected chi connectivity index (χ1v) is 14.0. The number of hydrogen-bond acceptors (Lipinski definition) is 6. The van der Waals surface area contributed by atoms with Gasteiger partial charge < -0.3 is 29.6 Å². The Kier molecular flexibility index (Phi) is 9.71. The van der Waals surface area contributed by atoms with Gasteiger partial charge in [0.15, 0.2) is 0 Å². The first-order valence-electron chi connectivity index (χ1n) is 14.0. The number of aryl methyl sites for hydroxylation is 1. The van der Waals surface area contributed by atoms with Crippen LogP contribution in [0.3, 0.4) is 0 Å². The lowest BCUT2D eigenvalue weighted by atomic mass is 9.96. The van der Waals surface area contributed by atoms with Crippen LogP contribution in [0.4, 0.5) is 5.69 Å². The zero-order valence-corrected chi connectivity index (χ0v) is 24.0. The highest BCUT2D eigenvalue weighted by molar-refractivity contribution is 5.97. The molecule has 210 valence electrons. The number of anilines is 1. The Morgan fingerprint density at radius 3 is 2.56 bits per heavy atom. The van der Waals surface area contributed by atoms with E-state index in [1.807, 2.05) is 13.0 Å². The zero-order valence-electron chi connectivity index (χ0n) is 24.0. The van der Waals surface area contributed by atoms with Gasteiger partial charge in [0.1, 0.15) is 5.75 Å². The second kappa shape index (κ2) is 13.2. The van der Waals surface area contributed by atoms with Crippen LogP contribution in [0.25, 0.3) is 0 Å². The summed E-state index contributed by atoms with van der Waals surface area (Å²) in [6.45, 7) is 10.5. The van der Waals surface area contributed by atoms with Crippen LogP contribution in [0.2, 0.25) is 0 Å². The normalized spacial score (nSPS) is 16.8. The summed E-state index contributed by atoms with van der Waals surface area (Å²) >= 11 is 0. The zero-order chi connectivity index (χ0) is 27.9. The number of pyridine rings is 1. The molecule has 0 aliphatic carbocycles. The molecule has 2 aromatic rings. The number of aromatic nitrogens is 1. The van der Waals surface area contributed by atoms with Crippen molar-refractivity contribution in [3.63, 3.8) is 0 Å². The van der Waals surface area contributed by atoms with Crippen LogP contribution in [0.15, 0.2) is 23.0 Å². The summed E-state index contributed by atoms with van der Waals surface area (Å²) in [5.41, 5.74) is 4.20. The molecule has 2 saturated heterocycles. The molecule has 0 saturated carbocycles. The third-order valence-corrected chi connectivity index (χ3v) is 7.92. The largest absolute Gasteiger partial charge is 0.496 e. The summed E-state index contributed by atoms with van der Waals surface area (Å²) in [6, 6.07) is 6.15. The number of methoxy groups -OCH3 is 1. The topological polar surface area (TPSA) is 86.9 Å².